The zero-order valence-corrected chi connectivity index (χ0v) is 10.5. The van der Waals surface area contributed by atoms with Crippen molar-refractivity contribution in [3.63, 3.8) is 0 Å². The summed E-state index contributed by atoms with van der Waals surface area (Å²) in [7, 11) is 0. The van der Waals surface area contributed by atoms with Crippen molar-refractivity contribution >= 4 is 17.5 Å². The Balaban J connectivity index is 2.00. The third kappa shape index (κ3) is 1.90. The Kier molecular flexibility index (Phi) is 2.83. The number of ketones is 1. The first-order valence-electron chi connectivity index (χ1n) is 5.82. The number of hydrogen-bond donors (Lipinski definition) is 2. The summed E-state index contributed by atoms with van der Waals surface area (Å²) >= 11 is 1.82. The van der Waals surface area contributed by atoms with E-state index in [-0.39, 0.29) is 16.9 Å². The standard InChI is InChI=1S/C13H12N2O2S/c16-12(10-7-14-15-13(10)17)9-3-4-11-8(6-9)2-1-5-18-11/h3-4,6-7H,1-2,5H2,(H2,14,15,17). The van der Waals surface area contributed by atoms with Gasteiger partial charge in [0.1, 0.15) is 5.56 Å². The van der Waals surface area contributed by atoms with Gasteiger partial charge < -0.3 is 5.10 Å². The number of hydrogen-bond acceptors (Lipinski definition) is 3. The average Bonchev–Trinajstić information content (AvgIpc) is 2.83. The Hall–Kier alpha value is -1.75. The van der Waals surface area contributed by atoms with E-state index in [1.165, 1.54) is 16.7 Å². The van der Waals surface area contributed by atoms with Crippen LogP contribution in [-0.2, 0) is 6.42 Å². The molecule has 0 unspecified atom stereocenters. The van der Waals surface area contributed by atoms with E-state index in [0.29, 0.717) is 5.56 Å². The van der Waals surface area contributed by atoms with Gasteiger partial charge in [0.05, 0.1) is 0 Å². The molecule has 4 nitrogen and oxygen atoms in total. The van der Waals surface area contributed by atoms with Crippen LogP contribution in [0.1, 0.15) is 27.9 Å². The van der Waals surface area contributed by atoms with Crippen LogP contribution in [0.5, 0.6) is 0 Å². The van der Waals surface area contributed by atoms with Crippen LogP contribution < -0.4 is 5.56 Å². The van der Waals surface area contributed by atoms with Crippen LogP contribution in [0, 0.1) is 0 Å². The minimum Gasteiger partial charge on any atom is -0.305 e. The van der Waals surface area contributed by atoms with E-state index in [1.807, 2.05) is 23.9 Å². The minimum atomic E-state index is -0.368. The summed E-state index contributed by atoms with van der Waals surface area (Å²) in [5.74, 6) is 0.911. The van der Waals surface area contributed by atoms with E-state index >= 15 is 0 Å². The maximum absolute atomic E-state index is 12.2. The van der Waals surface area contributed by atoms with Gasteiger partial charge in [-0.05, 0) is 42.4 Å². The highest BCUT2D eigenvalue weighted by Gasteiger charge is 2.17. The summed E-state index contributed by atoms with van der Waals surface area (Å²) in [6, 6.07) is 5.69. The SMILES string of the molecule is O=C(c1ccc2c(c1)CCCS2)c1c[nH][nH]c1=O. The van der Waals surface area contributed by atoms with Crippen LogP contribution in [0.25, 0.3) is 0 Å². The van der Waals surface area contributed by atoms with Crippen molar-refractivity contribution in [2.45, 2.75) is 17.7 Å². The fourth-order valence-corrected chi connectivity index (χ4v) is 3.15. The van der Waals surface area contributed by atoms with Crippen LogP contribution >= 0.6 is 11.8 Å². The molecule has 1 aromatic carbocycles. The average molecular weight is 260 g/mol. The van der Waals surface area contributed by atoms with Gasteiger partial charge in [-0.3, -0.25) is 14.7 Å². The van der Waals surface area contributed by atoms with E-state index < -0.39 is 0 Å². The molecular weight excluding hydrogens is 248 g/mol. The molecular formula is C13H12N2O2S. The molecule has 5 heteroatoms. The van der Waals surface area contributed by atoms with Crippen molar-refractivity contribution in [2.24, 2.45) is 0 Å². The number of carbonyl (C=O) groups excluding carboxylic acids is 1. The molecule has 0 saturated heterocycles. The highest BCUT2D eigenvalue weighted by molar-refractivity contribution is 7.99. The summed E-state index contributed by atoms with van der Waals surface area (Å²) in [5.41, 5.74) is 1.59. The molecule has 0 atom stereocenters. The zero-order chi connectivity index (χ0) is 12.5. The lowest BCUT2D eigenvalue weighted by Crippen LogP contribution is -2.13. The third-order valence-electron chi connectivity index (χ3n) is 3.06. The molecule has 92 valence electrons. The molecule has 2 heterocycles. The number of thioether (sulfide) groups is 1. The molecule has 1 aliphatic rings. The van der Waals surface area contributed by atoms with Gasteiger partial charge in [0.2, 0.25) is 0 Å². The van der Waals surface area contributed by atoms with Crippen LogP contribution in [0.3, 0.4) is 0 Å². The highest BCUT2D eigenvalue weighted by Crippen LogP contribution is 2.30. The van der Waals surface area contributed by atoms with E-state index in [0.717, 1.165) is 18.6 Å². The maximum atomic E-state index is 12.2. The van der Waals surface area contributed by atoms with Crippen LogP contribution in [0.4, 0.5) is 0 Å². The molecule has 1 aromatic heterocycles. The second-order valence-corrected chi connectivity index (χ2v) is 5.40. The number of benzene rings is 1. The Morgan fingerprint density at radius 1 is 1.33 bits per heavy atom. The molecule has 3 rings (SSSR count). The Bertz CT molecular complexity index is 657. The number of H-pyrrole nitrogens is 2. The molecule has 0 fully saturated rings. The number of aryl methyl sites for hydroxylation is 1. The van der Waals surface area contributed by atoms with E-state index in [9.17, 15) is 9.59 Å². The van der Waals surface area contributed by atoms with Crippen molar-refractivity contribution in [3.8, 4) is 0 Å². The number of fused-ring (bicyclic) bond motifs is 1. The summed E-state index contributed by atoms with van der Waals surface area (Å²) in [6.45, 7) is 0. The molecule has 0 radical (unpaired) electrons. The first-order valence-corrected chi connectivity index (χ1v) is 6.81. The first kappa shape index (κ1) is 11.3. The lowest BCUT2D eigenvalue weighted by atomic mass is 10.0. The van der Waals surface area contributed by atoms with Crippen molar-refractivity contribution in [1.29, 1.82) is 0 Å². The quantitative estimate of drug-likeness (QED) is 0.811. The van der Waals surface area contributed by atoms with Crippen LogP contribution in [0.15, 0.2) is 34.1 Å². The molecule has 18 heavy (non-hydrogen) atoms. The van der Waals surface area contributed by atoms with Gasteiger partial charge in [-0.2, -0.15) is 0 Å². The molecule has 0 aliphatic carbocycles. The largest absolute Gasteiger partial charge is 0.305 e. The lowest BCUT2D eigenvalue weighted by Gasteiger charge is -2.15. The fraction of sp³-hybridized carbons (Fsp3) is 0.231. The summed E-state index contributed by atoms with van der Waals surface area (Å²) < 4.78 is 0. The lowest BCUT2D eigenvalue weighted by molar-refractivity contribution is 0.103. The van der Waals surface area contributed by atoms with Gasteiger partial charge in [-0.25, -0.2) is 0 Å². The highest BCUT2D eigenvalue weighted by atomic mass is 32.2. The first-order chi connectivity index (χ1) is 8.75. The second kappa shape index (κ2) is 4.49. The Labute approximate surface area is 108 Å². The number of nitrogens with one attached hydrogen (secondary N) is 2. The van der Waals surface area contributed by atoms with Gasteiger partial charge in [0.15, 0.2) is 5.78 Å². The van der Waals surface area contributed by atoms with Crippen molar-refractivity contribution in [2.75, 3.05) is 5.75 Å². The van der Waals surface area contributed by atoms with Crippen molar-refractivity contribution in [3.05, 3.63) is 51.4 Å². The fourth-order valence-electron chi connectivity index (χ4n) is 2.13. The molecule has 1 aliphatic heterocycles. The number of aromatic nitrogens is 2. The molecule has 2 aromatic rings. The van der Waals surface area contributed by atoms with Gasteiger partial charge >= 0.3 is 0 Å². The Morgan fingerprint density at radius 2 is 2.22 bits per heavy atom. The van der Waals surface area contributed by atoms with Crippen LogP contribution in [-0.4, -0.2) is 21.7 Å². The zero-order valence-electron chi connectivity index (χ0n) is 9.66. The van der Waals surface area contributed by atoms with E-state index in [1.54, 1.807) is 6.07 Å². The van der Waals surface area contributed by atoms with Crippen molar-refractivity contribution < 1.29 is 4.79 Å². The summed E-state index contributed by atoms with van der Waals surface area (Å²) in [6.07, 6.45) is 3.56. The molecule has 0 saturated carbocycles. The summed E-state index contributed by atoms with van der Waals surface area (Å²) in [5, 5.41) is 4.92. The van der Waals surface area contributed by atoms with Gasteiger partial charge in [0.25, 0.3) is 5.56 Å². The topological polar surface area (TPSA) is 65.7 Å². The van der Waals surface area contributed by atoms with Crippen LogP contribution in [0.2, 0.25) is 0 Å². The predicted molar refractivity (Wildman–Crippen MR) is 70.3 cm³/mol. The normalized spacial score (nSPS) is 14.2. The molecule has 0 amide bonds. The third-order valence-corrected chi connectivity index (χ3v) is 4.26. The van der Waals surface area contributed by atoms with Crippen molar-refractivity contribution in [1.82, 2.24) is 10.2 Å². The smallest absolute Gasteiger partial charge is 0.275 e. The number of aromatic amines is 2. The van der Waals surface area contributed by atoms with E-state index in [2.05, 4.69) is 10.2 Å². The maximum Gasteiger partial charge on any atom is 0.275 e. The number of rotatable bonds is 2. The molecule has 0 bridgehead atoms. The summed E-state index contributed by atoms with van der Waals surface area (Å²) in [4.78, 5) is 24.8. The minimum absolute atomic E-state index is 0.165. The molecule has 2 N–H and O–H groups in total. The van der Waals surface area contributed by atoms with E-state index in [4.69, 9.17) is 0 Å². The molecule has 0 spiro atoms. The van der Waals surface area contributed by atoms with Gasteiger partial charge in [-0.1, -0.05) is 0 Å². The van der Waals surface area contributed by atoms with Gasteiger partial charge in [-0.15, -0.1) is 11.8 Å². The predicted octanol–water partition coefficient (Wildman–Crippen LogP) is 1.97. The second-order valence-electron chi connectivity index (χ2n) is 4.26. The Morgan fingerprint density at radius 3 is 3.00 bits per heavy atom. The monoisotopic (exact) mass is 260 g/mol. The number of carbonyl (C=O) groups is 1. The van der Waals surface area contributed by atoms with Gasteiger partial charge in [0, 0.05) is 16.7 Å².